The van der Waals surface area contributed by atoms with Crippen molar-refractivity contribution in [3.8, 4) is 11.5 Å². The summed E-state index contributed by atoms with van der Waals surface area (Å²) in [4.78, 5) is 25.3. The molecule has 26 heavy (non-hydrogen) atoms. The zero-order valence-corrected chi connectivity index (χ0v) is 15.3. The minimum Gasteiger partial charge on any atom is -0.493 e. The molecule has 0 unspecified atom stereocenters. The molecule has 144 valence electrons. The molecule has 0 saturated carbocycles. The number of amides is 3. The maximum absolute atomic E-state index is 12.0. The van der Waals surface area contributed by atoms with Crippen LogP contribution in [0.25, 0.3) is 0 Å². The van der Waals surface area contributed by atoms with Gasteiger partial charge in [-0.05, 0) is 31.9 Å². The van der Waals surface area contributed by atoms with Crippen molar-refractivity contribution in [3.05, 3.63) is 24.3 Å². The maximum atomic E-state index is 12.0. The first kappa shape index (κ1) is 19.7. The molecule has 8 nitrogen and oxygen atoms in total. The molecule has 3 amide bonds. The molecule has 0 radical (unpaired) electrons. The summed E-state index contributed by atoms with van der Waals surface area (Å²) >= 11 is 0. The average molecular weight is 365 g/mol. The van der Waals surface area contributed by atoms with E-state index in [-0.39, 0.29) is 18.2 Å². The maximum Gasteiger partial charge on any atom is 0.409 e. The molecule has 1 aliphatic rings. The first-order valence-electron chi connectivity index (χ1n) is 8.86. The molecule has 1 aliphatic heterocycles. The highest BCUT2D eigenvalue weighted by Gasteiger charge is 2.24. The summed E-state index contributed by atoms with van der Waals surface area (Å²) in [6.07, 6.45) is 1.14. The summed E-state index contributed by atoms with van der Waals surface area (Å²) in [6, 6.07) is 7.18. The second-order valence-electron chi connectivity index (χ2n) is 5.86. The van der Waals surface area contributed by atoms with Crippen molar-refractivity contribution in [2.45, 2.75) is 25.8 Å². The number of nitrogens with zero attached hydrogens (tertiary/aromatic N) is 1. The number of benzene rings is 1. The van der Waals surface area contributed by atoms with E-state index in [1.807, 2.05) is 24.3 Å². The molecule has 1 aromatic carbocycles. The van der Waals surface area contributed by atoms with Crippen LogP contribution in [0.5, 0.6) is 11.5 Å². The number of urea groups is 1. The lowest BCUT2D eigenvalue weighted by atomic mass is 10.1. The van der Waals surface area contributed by atoms with Gasteiger partial charge in [0, 0.05) is 19.1 Å². The molecule has 1 fully saturated rings. The van der Waals surface area contributed by atoms with Gasteiger partial charge in [0.2, 0.25) is 0 Å². The summed E-state index contributed by atoms with van der Waals surface area (Å²) in [5.74, 6) is 1.30. The second-order valence-corrected chi connectivity index (χ2v) is 5.86. The summed E-state index contributed by atoms with van der Waals surface area (Å²) in [7, 11) is 1.58. The Morgan fingerprint density at radius 2 is 1.88 bits per heavy atom. The molecule has 1 saturated heterocycles. The van der Waals surface area contributed by atoms with E-state index in [0.717, 1.165) is 0 Å². The first-order chi connectivity index (χ1) is 12.6. The number of nitrogens with one attached hydrogen (secondary N) is 2. The SMILES string of the molecule is CCOC(=O)N1CCC(NC(=O)NCCOc2ccccc2OC)CC1. The van der Waals surface area contributed by atoms with Crippen molar-refractivity contribution in [1.29, 1.82) is 0 Å². The Bertz CT molecular complexity index is 588. The van der Waals surface area contributed by atoms with Crippen LogP contribution in [0.15, 0.2) is 24.3 Å². The van der Waals surface area contributed by atoms with Crippen molar-refractivity contribution in [1.82, 2.24) is 15.5 Å². The molecule has 2 N–H and O–H groups in total. The van der Waals surface area contributed by atoms with Crippen LogP contribution >= 0.6 is 0 Å². The predicted octanol–water partition coefficient (Wildman–Crippen LogP) is 1.99. The highest BCUT2D eigenvalue weighted by Crippen LogP contribution is 2.25. The number of para-hydroxylation sites is 2. The fourth-order valence-corrected chi connectivity index (χ4v) is 2.72. The Morgan fingerprint density at radius 3 is 2.54 bits per heavy atom. The number of carbonyl (C=O) groups excluding carboxylic acids is 2. The molecule has 1 heterocycles. The fourth-order valence-electron chi connectivity index (χ4n) is 2.72. The van der Waals surface area contributed by atoms with Crippen LogP contribution in [0, 0.1) is 0 Å². The van der Waals surface area contributed by atoms with Crippen LogP contribution in [0.1, 0.15) is 19.8 Å². The molecule has 1 aromatic rings. The number of methoxy groups -OCH3 is 1. The van der Waals surface area contributed by atoms with E-state index < -0.39 is 0 Å². The Kier molecular flexibility index (Phi) is 7.85. The van der Waals surface area contributed by atoms with E-state index in [1.165, 1.54) is 0 Å². The molecule has 8 heteroatoms. The van der Waals surface area contributed by atoms with Gasteiger partial charge in [-0.3, -0.25) is 0 Å². The monoisotopic (exact) mass is 365 g/mol. The van der Waals surface area contributed by atoms with Crippen LogP contribution in [0.4, 0.5) is 9.59 Å². The molecule has 0 bridgehead atoms. The molecule has 2 rings (SSSR count). The number of ether oxygens (including phenoxy) is 3. The standard InChI is InChI=1S/C18H27N3O5/c1-3-25-18(23)21-11-8-14(9-12-21)20-17(22)19-10-13-26-16-7-5-4-6-15(16)24-2/h4-7,14H,3,8-13H2,1-2H3,(H2,19,20,22). The van der Waals surface area contributed by atoms with E-state index in [2.05, 4.69) is 10.6 Å². The van der Waals surface area contributed by atoms with Gasteiger partial charge in [-0.15, -0.1) is 0 Å². The van der Waals surface area contributed by atoms with Crippen LogP contribution in [0.2, 0.25) is 0 Å². The average Bonchev–Trinajstić information content (AvgIpc) is 2.66. The Labute approximate surface area is 153 Å². The van der Waals surface area contributed by atoms with E-state index in [1.54, 1.807) is 18.9 Å². The van der Waals surface area contributed by atoms with Crippen molar-refractivity contribution >= 4 is 12.1 Å². The lowest BCUT2D eigenvalue weighted by Gasteiger charge is -2.31. The van der Waals surface area contributed by atoms with Gasteiger partial charge in [-0.25, -0.2) is 9.59 Å². The van der Waals surface area contributed by atoms with Gasteiger partial charge in [0.15, 0.2) is 11.5 Å². The Balaban J connectivity index is 1.62. The highest BCUT2D eigenvalue weighted by atomic mass is 16.6. The van der Waals surface area contributed by atoms with Gasteiger partial charge in [0.05, 0.1) is 20.3 Å². The smallest absolute Gasteiger partial charge is 0.409 e. The molecule has 0 aliphatic carbocycles. The molecule has 0 aromatic heterocycles. The van der Waals surface area contributed by atoms with E-state index in [9.17, 15) is 9.59 Å². The van der Waals surface area contributed by atoms with E-state index in [0.29, 0.717) is 57.2 Å². The molecule has 0 atom stereocenters. The molecular formula is C18H27N3O5. The second kappa shape index (κ2) is 10.4. The van der Waals surface area contributed by atoms with Gasteiger partial charge in [0.1, 0.15) is 6.61 Å². The molecular weight excluding hydrogens is 338 g/mol. The third-order valence-electron chi connectivity index (χ3n) is 4.07. The van der Waals surface area contributed by atoms with Crippen molar-refractivity contribution in [2.24, 2.45) is 0 Å². The minimum atomic E-state index is -0.288. The number of rotatable bonds is 7. The van der Waals surface area contributed by atoms with Gasteiger partial charge < -0.3 is 29.7 Å². The van der Waals surface area contributed by atoms with Crippen LogP contribution in [-0.2, 0) is 4.74 Å². The Hall–Kier alpha value is -2.64. The number of hydrogen-bond acceptors (Lipinski definition) is 5. The van der Waals surface area contributed by atoms with Gasteiger partial charge >= 0.3 is 12.1 Å². The lowest BCUT2D eigenvalue weighted by Crippen LogP contribution is -2.49. The third-order valence-corrected chi connectivity index (χ3v) is 4.07. The quantitative estimate of drug-likeness (QED) is 0.722. The molecule has 0 spiro atoms. The number of carbonyl (C=O) groups is 2. The zero-order chi connectivity index (χ0) is 18.8. The Morgan fingerprint density at radius 1 is 1.19 bits per heavy atom. The van der Waals surface area contributed by atoms with Crippen molar-refractivity contribution < 1.29 is 23.8 Å². The van der Waals surface area contributed by atoms with Crippen LogP contribution < -0.4 is 20.1 Å². The minimum absolute atomic E-state index is 0.0517. The number of likely N-dealkylation sites (tertiary alicyclic amines) is 1. The highest BCUT2D eigenvalue weighted by molar-refractivity contribution is 5.74. The third kappa shape index (κ3) is 6.02. The van der Waals surface area contributed by atoms with E-state index >= 15 is 0 Å². The van der Waals surface area contributed by atoms with Crippen LogP contribution in [0.3, 0.4) is 0 Å². The fraction of sp³-hybridized carbons (Fsp3) is 0.556. The summed E-state index contributed by atoms with van der Waals surface area (Å²) in [5, 5.41) is 5.69. The van der Waals surface area contributed by atoms with E-state index in [4.69, 9.17) is 14.2 Å². The van der Waals surface area contributed by atoms with Crippen molar-refractivity contribution in [2.75, 3.05) is 40.0 Å². The normalized spacial score (nSPS) is 14.5. The van der Waals surface area contributed by atoms with Gasteiger partial charge in [0.25, 0.3) is 0 Å². The summed E-state index contributed by atoms with van der Waals surface area (Å²) in [5.41, 5.74) is 0. The van der Waals surface area contributed by atoms with Gasteiger partial charge in [-0.2, -0.15) is 0 Å². The van der Waals surface area contributed by atoms with Gasteiger partial charge in [-0.1, -0.05) is 12.1 Å². The lowest BCUT2D eigenvalue weighted by molar-refractivity contribution is 0.0957. The zero-order valence-electron chi connectivity index (χ0n) is 15.3. The summed E-state index contributed by atoms with van der Waals surface area (Å²) < 4.78 is 15.8. The summed E-state index contributed by atoms with van der Waals surface area (Å²) in [6.45, 7) is 4.05. The number of piperidine rings is 1. The predicted molar refractivity (Wildman–Crippen MR) is 96.6 cm³/mol. The largest absolute Gasteiger partial charge is 0.493 e. The van der Waals surface area contributed by atoms with Crippen molar-refractivity contribution in [3.63, 3.8) is 0 Å². The van der Waals surface area contributed by atoms with Crippen LogP contribution in [-0.4, -0.2) is 63.0 Å². The topological polar surface area (TPSA) is 89.1 Å². The number of hydrogen-bond donors (Lipinski definition) is 2. The first-order valence-corrected chi connectivity index (χ1v) is 8.86.